The van der Waals surface area contributed by atoms with Crippen LogP contribution in [0.3, 0.4) is 0 Å². The Morgan fingerprint density at radius 3 is 1.40 bits per heavy atom. The Bertz CT molecular complexity index is 8.36. The topological polar surface area (TPSA) is 0 Å². The van der Waals surface area contributed by atoms with Crippen LogP contribution in [0.4, 0.5) is 0 Å². The van der Waals surface area contributed by atoms with E-state index in [4.69, 9.17) is 0 Å². The van der Waals surface area contributed by atoms with Gasteiger partial charge in [0.1, 0.15) is 0 Å². The van der Waals surface area contributed by atoms with Crippen LogP contribution >= 0.6 is 0 Å². The van der Waals surface area contributed by atoms with Gasteiger partial charge in [0.15, 0.2) is 0 Å². The fraction of sp³-hybridized carbons (Fsp3) is 0.750. The minimum absolute atomic E-state index is 0. The molecule has 0 nitrogen and oxygen atoms in total. The van der Waals surface area contributed by atoms with E-state index >= 15 is 0 Å². The van der Waals surface area contributed by atoms with Gasteiger partial charge in [-0.25, -0.2) is 0 Å². The average molecular weight is 202 g/mol. The molecular weight excluding hydrogens is 193 g/mol. The van der Waals surface area contributed by atoms with Crippen molar-refractivity contribution in [3.8, 4) is 0 Å². The molecule has 1 heteroatoms. The molecule has 0 aromatic heterocycles. The van der Waals surface area contributed by atoms with E-state index in [2.05, 4.69) is 20.8 Å². The first kappa shape index (κ1) is 9.60. The largest absolute Gasteiger partial charge is 0.341 e. The van der Waals surface area contributed by atoms with Crippen molar-refractivity contribution in [1.29, 1.82) is 0 Å². The van der Waals surface area contributed by atoms with Gasteiger partial charge in [-0.3, -0.25) is 0 Å². The number of hydrogen-bond donors (Lipinski definition) is 0. The molecule has 0 spiro atoms. The predicted molar refractivity (Wildman–Crippen MR) is 20.2 cm³/mol. The molecule has 31 valence electrons. The molecule has 0 fully saturated rings. The molecule has 0 rings (SSSR count). The Kier molecular flexibility index (Phi) is 10.2. The van der Waals surface area contributed by atoms with Crippen LogP contribution < -0.4 is 0 Å². The van der Waals surface area contributed by atoms with Crippen LogP contribution in [-0.4, -0.2) is 0 Å². The van der Waals surface area contributed by atoms with Crippen molar-refractivity contribution in [2.75, 3.05) is 0 Å². The summed E-state index contributed by atoms with van der Waals surface area (Å²) >= 11 is 0. The molecule has 0 aromatic rings. The van der Waals surface area contributed by atoms with Gasteiger partial charge in [0, 0.05) is 40.4 Å². The maximum absolute atomic E-state index is 3.64. The second-order valence-corrected chi connectivity index (χ2v) is 1.39. The van der Waals surface area contributed by atoms with Crippen molar-refractivity contribution in [2.45, 2.75) is 13.8 Å². The van der Waals surface area contributed by atoms with Crippen molar-refractivity contribution in [1.82, 2.24) is 0 Å². The smallest absolute Gasteiger partial charge is 0 e. The summed E-state index contributed by atoms with van der Waals surface area (Å²) in [7, 11) is 0. The molecule has 5 heavy (non-hydrogen) atoms. The minimum Gasteiger partial charge on any atom is -0.341 e. The van der Waals surface area contributed by atoms with E-state index in [-0.39, 0.29) is 40.4 Å². The molecule has 0 aliphatic heterocycles. The van der Waals surface area contributed by atoms with Crippen molar-refractivity contribution >= 4 is 0 Å². The molecule has 0 aliphatic carbocycles. The zero-order valence-corrected chi connectivity index (χ0v) is 6.60. The number of rotatable bonds is 0. The quantitative estimate of drug-likeness (QED) is 0.522. The Balaban J connectivity index is 0. The summed E-state index contributed by atoms with van der Waals surface area (Å²) < 4.78 is 0. The fourth-order valence-corrected chi connectivity index (χ4v) is 0. The molecule has 0 aliphatic rings. The molecular formula is C4H9Pm-. The molecule has 0 aromatic carbocycles. The third-order valence-electron chi connectivity index (χ3n) is 0. The summed E-state index contributed by atoms with van der Waals surface area (Å²) in [4.78, 5) is 0. The first-order valence-corrected chi connectivity index (χ1v) is 1.56. The zero-order valence-electron chi connectivity index (χ0n) is 3.73. The van der Waals surface area contributed by atoms with Crippen LogP contribution in [-0.2, 0) is 0 Å². The SMILES string of the molecule is [CH2-]C(C)C.[Pm]. The minimum atomic E-state index is 0. The Labute approximate surface area is 66.4 Å². The van der Waals surface area contributed by atoms with Crippen molar-refractivity contribution in [3.63, 3.8) is 0 Å². The Morgan fingerprint density at radius 2 is 1.40 bits per heavy atom. The third-order valence-corrected chi connectivity index (χ3v) is 0. The molecule has 0 atom stereocenters. The van der Waals surface area contributed by atoms with Crippen molar-refractivity contribution < 1.29 is 40.4 Å². The fourth-order valence-electron chi connectivity index (χ4n) is 0. The molecule has 0 bridgehead atoms. The van der Waals surface area contributed by atoms with Gasteiger partial charge in [0.05, 0.1) is 0 Å². The van der Waals surface area contributed by atoms with E-state index in [9.17, 15) is 0 Å². The average Bonchev–Trinajstić information content (AvgIpc) is 0.811. The summed E-state index contributed by atoms with van der Waals surface area (Å²) in [5, 5.41) is 0. The molecule has 0 amide bonds. The molecule has 0 N–H and O–H groups in total. The third kappa shape index (κ3) is 33.2. The monoisotopic (exact) mass is 202 g/mol. The van der Waals surface area contributed by atoms with Gasteiger partial charge < -0.3 is 6.92 Å². The summed E-state index contributed by atoms with van der Waals surface area (Å²) in [5.41, 5.74) is 0. The van der Waals surface area contributed by atoms with Crippen LogP contribution in [0.15, 0.2) is 0 Å². The summed E-state index contributed by atoms with van der Waals surface area (Å²) in [6, 6.07) is 0. The van der Waals surface area contributed by atoms with Crippen LogP contribution in [0.1, 0.15) is 13.8 Å². The number of hydrogen-bond acceptors (Lipinski definition) is 0. The van der Waals surface area contributed by atoms with Gasteiger partial charge in [-0.05, 0) is 0 Å². The van der Waals surface area contributed by atoms with Gasteiger partial charge in [0.2, 0.25) is 0 Å². The Morgan fingerprint density at radius 1 is 1.40 bits per heavy atom. The maximum atomic E-state index is 3.64. The second kappa shape index (κ2) is 5.34. The summed E-state index contributed by atoms with van der Waals surface area (Å²) in [6.45, 7) is 7.75. The van der Waals surface area contributed by atoms with E-state index in [0.29, 0.717) is 5.92 Å². The van der Waals surface area contributed by atoms with Crippen LogP contribution in [0.5, 0.6) is 0 Å². The van der Waals surface area contributed by atoms with Crippen LogP contribution in [0.25, 0.3) is 0 Å². The van der Waals surface area contributed by atoms with Gasteiger partial charge in [-0.15, -0.1) is 0 Å². The standard InChI is InChI=1S/C4H9.Pm/c1-4(2)3;/h4H,1H2,2-3H3;/q-1;. The van der Waals surface area contributed by atoms with E-state index in [1.165, 1.54) is 0 Å². The zero-order chi connectivity index (χ0) is 3.58. The van der Waals surface area contributed by atoms with Crippen LogP contribution in [0, 0.1) is 53.2 Å². The van der Waals surface area contributed by atoms with E-state index in [0.717, 1.165) is 0 Å². The van der Waals surface area contributed by atoms with Gasteiger partial charge in [-0.2, -0.15) is 5.92 Å². The van der Waals surface area contributed by atoms with Gasteiger partial charge >= 0.3 is 0 Å². The molecule has 0 saturated carbocycles. The predicted octanol–water partition coefficient (Wildman–Crippen LogP) is 1.48. The van der Waals surface area contributed by atoms with Crippen molar-refractivity contribution in [2.24, 2.45) is 5.92 Å². The van der Waals surface area contributed by atoms with E-state index < -0.39 is 0 Å². The second-order valence-electron chi connectivity index (χ2n) is 1.39. The maximum Gasteiger partial charge on any atom is 0 e. The first-order valence-electron chi connectivity index (χ1n) is 1.56. The summed E-state index contributed by atoms with van der Waals surface area (Å²) in [6.07, 6.45) is 0. The first-order chi connectivity index (χ1) is 1.73. The molecule has 0 saturated heterocycles. The Hall–Kier alpha value is 1.34. The normalized spacial score (nSPS) is 7.20. The van der Waals surface area contributed by atoms with E-state index in [1.54, 1.807) is 0 Å². The van der Waals surface area contributed by atoms with Crippen molar-refractivity contribution in [3.05, 3.63) is 6.92 Å². The van der Waals surface area contributed by atoms with Crippen LogP contribution in [0.2, 0.25) is 0 Å². The molecule has 0 heterocycles. The molecule has 1 radical (unpaired) electrons. The molecule has 0 unspecified atom stereocenters. The van der Waals surface area contributed by atoms with Gasteiger partial charge in [-0.1, -0.05) is 13.8 Å². The summed E-state index contributed by atoms with van der Waals surface area (Å²) in [5.74, 6) is 0.583. The van der Waals surface area contributed by atoms with E-state index in [1.807, 2.05) is 0 Å². The van der Waals surface area contributed by atoms with Gasteiger partial charge in [0.25, 0.3) is 0 Å².